The van der Waals surface area contributed by atoms with Crippen molar-refractivity contribution < 1.29 is 19.4 Å². The number of benzene rings is 1. The van der Waals surface area contributed by atoms with Crippen LogP contribution in [0.4, 0.5) is 0 Å². The van der Waals surface area contributed by atoms with Gasteiger partial charge in [0.1, 0.15) is 22.3 Å². The molecule has 0 unspecified atom stereocenters. The van der Waals surface area contributed by atoms with Crippen molar-refractivity contribution in [2.45, 2.75) is 6.42 Å². The number of halogens is 1. The number of hydrogen-bond acceptors (Lipinski definition) is 4. The van der Waals surface area contributed by atoms with E-state index in [2.05, 4.69) is 0 Å². The first-order valence-electron chi connectivity index (χ1n) is 4.10. The summed E-state index contributed by atoms with van der Waals surface area (Å²) in [5, 5.41) is 9.25. The first-order chi connectivity index (χ1) is 7.13. The van der Waals surface area contributed by atoms with Crippen LogP contribution in [0.1, 0.15) is 5.56 Å². The number of ether oxygens (including phenoxy) is 1. The lowest BCUT2D eigenvalue weighted by atomic mass is 10.0. The average Bonchev–Trinajstić information content (AvgIpc) is 2.24. The molecule has 0 saturated carbocycles. The number of phenolic OH excluding ortho intramolecular Hbond substituents is 1. The van der Waals surface area contributed by atoms with Gasteiger partial charge in [-0.1, -0.05) is 17.7 Å². The molecule has 1 N–H and O–H groups in total. The van der Waals surface area contributed by atoms with E-state index in [-0.39, 0.29) is 28.5 Å². The first-order valence-corrected chi connectivity index (χ1v) is 4.47. The summed E-state index contributed by atoms with van der Waals surface area (Å²) in [6.45, 7) is 0. The van der Waals surface area contributed by atoms with E-state index in [1.807, 2.05) is 0 Å². The quantitative estimate of drug-likeness (QED) is 0.312. The molecule has 0 amide bonds. The van der Waals surface area contributed by atoms with Gasteiger partial charge in [-0.05, 0) is 6.07 Å². The Hall–Kier alpha value is -1.77. The molecule has 1 heterocycles. The summed E-state index contributed by atoms with van der Waals surface area (Å²) in [6.07, 6.45) is 0.123. The molecule has 0 bridgehead atoms. The largest absolute Gasteiger partial charge is 0.506 e. The summed E-state index contributed by atoms with van der Waals surface area (Å²) in [5.41, 5.74) is 0.500. The van der Waals surface area contributed by atoms with Gasteiger partial charge in [-0.2, -0.15) is 0 Å². The van der Waals surface area contributed by atoms with Crippen LogP contribution in [0.25, 0.3) is 0 Å². The molecule has 4 nitrogen and oxygen atoms in total. The van der Waals surface area contributed by atoms with E-state index in [9.17, 15) is 14.7 Å². The van der Waals surface area contributed by atoms with Gasteiger partial charge in [-0.3, -0.25) is 0 Å². The second kappa shape index (κ2) is 3.42. The molecule has 0 spiro atoms. The molecule has 0 atom stereocenters. The Morgan fingerprint density at radius 1 is 1.47 bits per heavy atom. The SMILES string of the molecule is O=C=C1Cc2ccc(O)c(Cl)c2OC1=O. The fraction of sp³-hybridized carbons (Fsp3) is 0.100. The maximum atomic E-state index is 11.2. The van der Waals surface area contributed by atoms with Gasteiger partial charge in [-0.15, -0.1) is 0 Å². The van der Waals surface area contributed by atoms with E-state index in [4.69, 9.17) is 16.3 Å². The van der Waals surface area contributed by atoms with E-state index in [1.54, 1.807) is 6.07 Å². The van der Waals surface area contributed by atoms with E-state index in [0.717, 1.165) is 0 Å². The third-order valence-electron chi connectivity index (χ3n) is 2.09. The highest BCUT2D eigenvalue weighted by Crippen LogP contribution is 2.39. The Kier molecular flexibility index (Phi) is 2.23. The fourth-order valence-corrected chi connectivity index (χ4v) is 1.55. The van der Waals surface area contributed by atoms with Gasteiger partial charge in [-0.25, -0.2) is 9.59 Å². The van der Waals surface area contributed by atoms with Crippen molar-refractivity contribution in [3.8, 4) is 11.5 Å². The minimum absolute atomic E-state index is 0.0224. The molecule has 0 radical (unpaired) electrons. The van der Waals surface area contributed by atoms with Crippen molar-refractivity contribution >= 4 is 23.5 Å². The third kappa shape index (κ3) is 1.50. The molecule has 1 aromatic rings. The molecular weight excluding hydrogens is 220 g/mol. The van der Waals surface area contributed by atoms with E-state index < -0.39 is 5.97 Å². The van der Waals surface area contributed by atoms with Gasteiger partial charge in [0.15, 0.2) is 5.75 Å². The van der Waals surface area contributed by atoms with Crippen LogP contribution < -0.4 is 4.74 Å². The monoisotopic (exact) mass is 224 g/mol. The third-order valence-corrected chi connectivity index (χ3v) is 2.46. The normalized spacial score (nSPS) is 14.2. The highest BCUT2D eigenvalue weighted by atomic mass is 35.5. The van der Waals surface area contributed by atoms with Crippen LogP contribution in [0.3, 0.4) is 0 Å². The first kappa shape index (κ1) is 9.77. The highest BCUT2D eigenvalue weighted by molar-refractivity contribution is 6.33. The summed E-state index contributed by atoms with van der Waals surface area (Å²) >= 11 is 5.73. The molecule has 1 aliphatic rings. The number of phenols is 1. The van der Waals surface area contributed by atoms with Gasteiger partial charge in [0, 0.05) is 12.0 Å². The Morgan fingerprint density at radius 2 is 2.20 bits per heavy atom. The molecule has 1 aliphatic heterocycles. The molecule has 0 aliphatic carbocycles. The molecule has 0 saturated heterocycles. The van der Waals surface area contributed by atoms with Crippen LogP contribution in [0.5, 0.6) is 11.5 Å². The fourth-order valence-electron chi connectivity index (χ4n) is 1.33. The van der Waals surface area contributed by atoms with Gasteiger partial charge >= 0.3 is 5.97 Å². The molecule has 0 fully saturated rings. The molecule has 15 heavy (non-hydrogen) atoms. The smallest absolute Gasteiger partial charge is 0.351 e. The molecule has 76 valence electrons. The van der Waals surface area contributed by atoms with Crippen molar-refractivity contribution in [3.05, 3.63) is 28.3 Å². The predicted octanol–water partition coefficient (Wildman–Crippen LogP) is 1.27. The summed E-state index contributed by atoms with van der Waals surface area (Å²) in [7, 11) is 0. The second-order valence-electron chi connectivity index (χ2n) is 3.03. The lowest BCUT2D eigenvalue weighted by molar-refractivity contribution is -0.130. The number of carbonyl (C=O) groups excluding carboxylic acids is 2. The van der Waals surface area contributed by atoms with E-state index in [1.165, 1.54) is 12.0 Å². The minimum atomic E-state index is -0.773. The zero-order chi connectivity index (χ0) is 11.0. The number of hydrogen-bond donors (Lipinski definition) is 1. The summed E-state index contributed by atoms with van der Waals surface area (Å²) in [5.74, 6) is 0.689. The Morgan fingerprint density at radius 3 is 2.87 bits per heavy atom. The van der Waals surface area contributed by atoms with Gasteiger partial charge in [0.2, 0.25) is 0 Å². The van der Waals surface area contributed by atoms with Crippen molar-refractivity contribution in [1.29, 1.82) is 0 Å². The van der Waals surface area contributed by atoms with Crippen LogP contribution in [-0.4, -0.2) is 17.0 Å². The predicted molar refractivity (Wildman–Crippen MR) is 51.7 cm³/mol. The summed E-state index contributed by atoms with van der Waals surface area (Å²) < 4.78 is 4.82. The summed E-state index contributed by atoms with van der Waals surface area (Å²) in [4.78, 5) is 21.6. The standard InChI is InChI=1S/C10H5ClO4/c11-8-7(13)2-1-5-3-6(4-12)10(14)15-9(5)8/h1-2,13H,3H2. The number of rotatable bonds is 0. The van der Waals surface area contributed by atoms with Crippen molar-refractivity contribution in [3.63, 3.8) is 0 Å². The molecule has 1 aromatic carbocycles. The average molecular weight is 225 g/mol. The van der Waals surface area contributed by atoms with Crippen LogP contribution in [-0.2, 0) is 16.0 Å². The number of carbonyl (C=O) groups is 1. The molecule has 2 rings (SSSR count). The van der Waals surface area contributed by atoms with Gasteiger partial charge in [0.05, 0.1) is 0 Å². The van der Waals surface area contributed by atoms with E-state index >= 15 is 0 Å². The lowest BCUT2D eigenvalue weighted by Crippen LogP contribution is -2.20. The Labute approximate surface area is 89.7 Å². The van der Waals surface area contributed by atoms with Crippen molar-refractivity contribution in [2.24, 2.45) is 0 Å². The Balaban J connectivity index is 2.59. The zero-order valence-electron chi connectivity index (χ0n) is 7.41. The van der Waals surface area contributed by atoms with Crippen molar-refractivity contribution in [2.75, 3.05) is 0 Å². The lowest BCUT2D eigenvalue weighted by Gasteiger charge is -2.17. The zero-order valence-corrected chi connectivity index (χ0v) is 8.17. The molecular formula is C10H5ClO4. The van der Waals surface area contributed by atoms with Gasteiger partial charge in [0.25, 0.3) is 0 Å². The maximum Gasteiger partial charge on any atom is 0.351 e. The van der Waals surface area contributed by atoms with Gasteiger partial charge < -0.3 is 9.84 Å². The number of esters is 1. The number of aromatic hydroxyl groups is 1. The maximum absolute atomic E-state index is 11.2. The molecule has 5 heteroatoms. The summed E-state index contributed by atoms with van der Waals surface area (Å²) in [6, 6.07) is 2.92. The van der Waals surface area contributed by atoms with Crippen LogP contribution >= 0.6 is 11.6 Å². The van der Waals surface area contributed by atoms with Crippen LogP contribution in [0.2, 0.25) is 5.02 Å². The minimum Gasteiger partial charge on any atom is -0.506 e. The number of fused-ring (bicyclic) bond motifs is 1. The topological polar surface area (TPSA) is 63.6 Å². The molecule has 0 aromatic heterocycles. The van der Waals surface area contributed by atoms with Crippen LogP contribution in [0.15, 0.2) is 17.7 Å². The van der Waals surface area contributed by atoms with Crippen LogP contribution in [0, 0.1) is 0 Å². The highest BCUT2D eigenvalue weighted by Gasteiger charge is 2.26. The van der Waals surface area contributed by atoms with Crippen molar-refractivity contribution in [1.82, 2.24) is 0 Å². The Bertz CT molecular complexity index is 500. The second-order valence-corrected chi connectivity index (χ2v) is 3.41. The van der Waals surface area contributed by atoms with E-state index in [0.29, 0.717) is 5.56 Å².